The molecular formula is C11H16N2O4. The van der Waals surface area contributed by atoms with E-state index in [2.05, 4.69) is 5.73 Å². The summed E-state index contributed by atoms with van der Waals surface area (Å²) in [6.07, 6.45) is 0.273. The van der Waals surface area contributed by atoms with Gasteiger partial charge in [0.05, 0.1) is 0 Å². The first-order valence-corrected chi connectivity index (χ1v) is 4.85. The van der Waals surface area contributed by atoms with Crippen LogP contribution in [0.2, 0.25) is 0 Å². The number of carboxylic acid groups (broad SMARTS) is 1. The summed E-state index contributed by atoms with van der Waals surface area (Å²) in [6.45, 7) is 1.31. The maximum atomic E-state index is 10.4. The van der Waals surface area contributed by atoms with Crippen molar-refractivity contribution in [2.45, 2.75) is 19.4 Å². The summed E-state index contributed by atoms with van der Waals surface area (Å²) in [6, 6.07) is 5.42. The predicted octanol–water partition coefficient (Wildman–Crippen LogP) is -0.162. The first kappa shape index (κ1) is 14.9. The largest absolute Gasteiger partial charge is 0.508 e. The van der Waals surface area contributed by atoms with Gasteiger partial charge >= 0.3 is 5.97 Å². The summed E-state index contributed by atoms with van der Waals surface area (Å²) < 4.78 is 0. The minimum atomic E-state index is -1.02. The van der Waals surface area contributed by atoms with Crippen molar-refractivity contribution in [3.8, 4) is 5.75 Å². The number of rotatable bonds is 3. The molecule has 0 saturated heterocycles. The molecule has 94 valence electrons. The molecule has 0 aliphatic carbocycles. The second-order valence-electron chi connectivity index (χ2n) is 3.43. The molecule has 1 rings (SSSR count). The fourth-order valence-electron chi connectivity index (χ4n) is 0.973. The van der Waals surface area contributed by atoms with E-state index in [1.165, 1.54) is 19.1 Å². The van der Waals surface area contributed by atoms with Gasteiger partial charge in [-0.2, -0.15) is 0 Å². The zero-order valence-electron chi connectivity index (χ0n) is 9.46. The Hall–Kier alpha value is -2.08. The van der Waals surface area contributed by atoms with Gasteiger partial charge in [-0.05, 0) is 24.1 Å². The molecule has 0 heterocycles. The number of carbonyl (C=O) groups is 2. The Morgan fingerprint density at radius 3 is 2.06 bits per heavy atom. The molecule has 0 fully saturated rings. The molecule has 1 aromatic carbocycles. The normalized spacial score (nSPS) is 10.9. The third-order valence-electron chi connectivity index (χ3n) is 1.71. The lowest BCUT2D eigenvalue weighted by molar-refractivity contribution is -0.138. The Balaban J connectivity index is 0.000000557. The molecule has 6 N–H and O–H groups in total. The number of carbonyl (C=O) groups excluding carboxylic acids is 1. The summed E-state index contributed by atoms with van der Waals surface area (Å²) in [5.74, 6) is -1.19. The number of hydrogen-bond donors (Lipinski definition) is 4. The van der Waals surface area contributed by atoms with Gasteiger partial charge in [-0.25, -0.2) is 0 Å². The van der Waals surface area contributed by atoms with Crippen LogP contribution in [0, 0.1) is 0 Å². The Labute approximate surface area is 98.9 Å². The number of nitrogens with two attached hydrogens (primary N) is 2. The Morgan fingerprint density at radius 2 is 1.71 bits per heavy atom. The molecule has 1 atom stereocenters. The molecule has 1 amide bonds. The van der Waals surface area contributed by atoms with Gasteiger partial charge in [-0.15, -0.1) is 0 Å². The molecule has 0 radical (unpaired) electrons. The third-order valence-corrected chi connectivity index (χ3v) is 1.71. The topological polar surface area (TPSA) is 127 Å². The molecule has 6 nitrogen and oxygen atoms in total. The predicted molar refractivity (Wildman–Crippen MR) is 62.3 cm³/mol. The summed E-state index contributed by atoms with van der Waals surface area (Å²) in [5, 5.41) is 17.5. The summed E-state index contributed by atoms with van der Waals surface area (Å²) >= 11 is 0. The first-order chi connectivity index (χ1) is 7.82. The SMILES string of the molecule is CC(N)=O.NC(Cc1ccc(O)cc1)C(=O)O. The number of aliphatic carboxylic acids is 1. The highest BCUT2D eigenvalue weighted by Crippen LogP contribution is 2.10. The lowest BCUT2D eigenvalue weighted by atomic mass is 10.1. The van der Waals surface area contributed by atoms with E-state index in [1.807, 2.05) is 0 Å². The van der Waals surface area contributed by atoms with E-state index in [0.717, 1.165) is 5.56 Å². The van der Waals surface area contributed by atoms with Gasteiger partial charge in [0.2, 0.25) is 5.91 Å². The van der Waals surface area contributed by atoms with E-state index in [1.54, 1.807) is 12.1 Å². The van der Waals surface area contributed by atoms with Crippen molar-refractivity contribution in [2.24, 2.45) is 11.5 Å². The van der Waals surface area contributed by atoms with Crippen molar-refractivity contribution in [2.75, 3.05) is 0 Å². The van der Waals surface area contributed by atoms with Crippen LogP contribution in [0.15, 0.2) is 24.3 Å². The highest BCUT2D eigenvalue weighted by atomic mass is 16.4. The summed E-state index contributed by atoms with van der Waals surface area (Å²) in [7, 11) is 0. The van der Waals surface area contributed by atoms with E-state index in [0.29, 0.717) is 0 Å². The van der Waals surface area contributed by atoms with Crippen LogP contribution in [-0.4, -0.2) is 28.1 Å². The molecular weight excluding hydrogens is 224 g/mol. The fraction of sp³-hybridized carbons (Fsp3) is 0.273. The second kappa shape index (κ2) is 7.24. The van der Waals surface area contributed by atoms with Crippen LogP contribution in [-0.2, 0) is 16.0 Å². The van der Waals surface area contributed by atoms with Crippen molar-refractivity contribution in [3.63, 3.8) is 0 Å². The van der Waals surface area contributed by atoms with Crippen molar-refractivity contribution in [1.82, 2.24) is 0 Å². The monoisotopic (exact) mass is 240 g/mol. The van der Waals surface area contributed by atoms with Crippen LogP contribution < -0.4 is 11.5 Å². The number of amides is 1. The quantitative estimate of drug-likeness (QED) is 0.583. The second-order valence-corrected chi connectivity index (χ2v) is 3.43. The highest BCUT2D eigenvalue weighted by molar-refractivity contribution is 5.73. The highest BCUT2D eigenvalue weighted by Gasteiger charge is 2.11. The molecule has 0 spiro atoms. The van der Waals surface area contributed by atoms with Gasteiger partial charge in [0.1, 0.15) is 11.8 Å². The van der Waals surface area contributed by atoms with Gasteiger partial charge in [0.25, 0.3) is 0 Å². The van der Waals surface area contributed by atoms with Gasteiger partial charge in [-0.1, -0.05) is 12.1 Å². The lowest BCUT2D eigenvalue weighted by Crippen LogP contribution is -2.32. The van der Waals surface area contributed by atoms with Crippen molar-refractivity contribution >= 4 is 11.9 Å². The number of benzene rings is 1. The molecule has 6 heteroatoms. The van der Waals surface area contributed by atoms with Gasteiger partial charge < -0.3 is 21.7 Å². The summed E-state index contributed by atoms with van der Waals surface area (Å²) in [4.78, 5) is 19.6. The molecule has 0 aliphatic heterocycles. The number of aromatic hydroxyl groups is 1. The van der Waals surface area contributed by atoms with Crippen molar-refractivity contribution < 1.29 is 19.8 Å². The Bertz CT molecular complexity index is 372. The molecule has 0 bridgehead atoms. The van der Waals surface area contributed by atoms with Crippen LogP contribution in [0.3, 0.4) is 0 Å². The average molecular weight is 240 g/mol. The number of carboxylic acids is 1. The maximum absolute atomic E-state index is 10.4. The molecule has 0 aliphatic rings. The number of phenols is 1. The molecule has 1 aromatic rings. The smallest absolute Gasteiger partial charge is 0.320 e. The average Bonchev–Trinajstić information content (AvgIpc) is 2.20. The van der Waals surface area contributed by atoms with Crippen LogP contribution in [0.1, 0.15) is 12.5 Å². The fourth-order valence-corrected chi connectivity index (χ4v) is 0.973. The van der Waals surface area contributed by atoms with E-state index < -0.39 is 12.0 Å². The van der Waals surface area contributed by atoms with Crippen LogP contribution in [0.25, 0.3) is 0 Å². The van der Waals surface area contributed by atoms with Crippen molar-refractivity contribution in [1.29, 1.82) is 0 Å². The first-order valence-electron chi connectivity index (χ1n) is 4.85. The number of primary amides is 1. The summed E-state index contributed by atoms with van der Waals surface area (Å²) in [5.41, 5.74) is 10.6. The van der Waals surface area contributed by atoms with Crippen LogP contribution in [0.4, 0.5) is 0 Å². The third kappa shape index (κ3) is 7.80. The van der Waals surface area contributed by atoms with Crippen LogP contribution in [0.5, 0.6) is 5.75 Å². The molecule has 0 aromatic heterocycles. The van der Waals surface area contributed by atoms with Gasteiger partial charge in [0, 0.05) is 6.92 Å². The van der Waals surface area contributed by atoms with Crippen molar-refractivity contribution in [3.05, 3.63) is 29.8 Å². The van der Waals surface area contributed by atoms with Crippen LogP contribution >= 0.6 is 0 Å². The standard InChI is InChI=1S/C9H11NO3.C2H5NO/c10-8(9(12)13)5-6-1-3-7(11)4-2-6;1-2(3)4/h1-4,8,11H,5,10H2,(H,12,13);1H3,(H2,3,4). The Morgan fingerprint density at radius 1 is 1.29 bits per heavy atom. The molecule has 17 heavy (non-hydrogen) atoms. The maximum Gasteiger partial charge on any atom is 0.320 e. The van der Waals surface area contributed by atoms with Gasteiger partial charge in [-0.3, -0.25) is 9.59 Å². The molecule has 1 unspecified atom stereocenters. The van der Waals surface area contributed by atoms with E-state index in [4.69, 9.17) is 15.9 Å². The zero-order chi connectivity index (χ0) is 13.4. The Kier molecular flexibility index (Phi) is 6.35. The van der Waals surface area contributed by atoms with E-state index >= 15 is 0 Å². The lowest BCUT2D eigenvalue weighted by Gasteiger charge is -2.05. The van der Waals surface area contributed by atoms with E-state index in [-0.39, 0.29) is 18.1 Å². The number of hydrogen-bond acceptors (Lipinski definition) is 4. The van der Waals surface area contributed by atoms with E-state index in [9.17, 15) is 9.59 Å². The zero-order valence-corrected chi connectivity index (χ0v) is 9.46. The minimum Gasteiger partial charge on any atom is -0.508 e. The minimum absolute atomic E-state index is 0.160. The molecule has 0 saturated carbocycles. The number of phenolic OH excluding ortho intramolecular Hbond substituents is 1. The van der Waals surface area contributed by atoms with Gasteiger partial charge in [0.15, 0.2) is 0 Å².